The average molecular weight is 288 g/mol. The number of thiophene rings is 1. The molecule has 0 amide bonds. The van der Waals surface area contributed by atoms with Crippen LogP contribution in [0.2, 0.25) is 0 Å². The quantitative estimate of drug-likeness (QED) is 0.924. The van der Waals surface area contributed by atoms with Gasteiger partial charge in [0.05, 0.1) is 13.2 Å². The van der Waals surface area contributed by atoms with Gasteiger partial charge in [-0.1, -0.05) is 12.1 Å². The standard InChI is InChI=1S/C17H20O2S/c1-19-14-7-4-5-12(9-14)10-15(18)17-11-13-6-2-3-8-16(13)20-17/h4-5,7,9,11,15,18H,2-3,6,8,10H2,1H3. The molecule has 0 bridgehead atoms. The van der Waals surface area contributed by atoms with E-state index in [4.69, 9.17) is 4.74 Å². The number of aryl methyl sites for hydroxylation is 2. The van der Waals surface area contributed by atoms with Crippen molar-refractivity contribution < 1.29 is 9.84 Å². The summed E-state index contributed by atoms with van der Waals surface area (Å²) in [5.41, 5.74) is 2.57. The minimum absolute atomic E-state index is 0.405. The molecular weight excluding hydrogens is 268 g/mol. The first-order chi connectivity index (χ1) is 9.76. The van der Waals surface area contributed by atoms with E-state index in [1.165, 1.54) is 36.1 Å². The SMILES string of the molecule is COc1cccc(CC(O)c2cc3c(s2)CCCC3)c1. The Bertz CT molecular complexity index is 565. The Morgan fingerprint density at radius 3 is 2.90 bits per heavy atom. The van der Waals surface area contributed by atoms with Gasteiger partial charge < -0.3 is 9.84 Å². The third-order valence-electron chi connectivity index (χ3n) is 3.91. The molecule has 106 valence electrons. The number of aliphatic hydroxyl groups excluding tert-OH is 1. The zero-order valence-electron chi connectivity index (χ0n) is 11.8. The van der Waals surface area contributed by atoms with Crippen molar-refractivity contribution in [1.29, 1.82) is 0 Å². The lowest BCUT2D eigenvalue weighted by Crippen LogP contribution is -2.00. The number of benzene rings is 1. The highest BCUT2D eigenvalue weighted by Gasteiger charge is 2.18. The lowest BCUT2D eigenvalue weighted by atomic mass is 9.98. The number of ether oxygens (including phenoxy) is 1. The Balaban J connectivity index is 1.75. The lowest BCUT2D eigenvalue weighted by molar-refractivity contribution is 0.182. The first kappa shape index (κ1) is 13.7. The fourth-order valence-corrected chi connectivity index (χ4v) is 4.04. The van der Waals surface area contributed by atoms with Crippen LogP contribution in [0.25, 0.3) is 0 Å². The Kier molecular flexibility index (Phi) is 4.08. The van der Waals surface area contributed by atoms with E-state index in [9.17, 15) is 5.11 Å². The predicted octanol–water partition coefficient (Wildman–Crippen LogP) is 3.91. The highest BCUT2D eigenvalue weighted by atomic mass is 32.1. The highest BCUT2D eigenvalue weighted by Crippen LogP contribution is 2.34. The number of aliphatic hydroxyl groups is 1. The van der Waals surface area contributed by atoms with E-state index in [2.05, 4.69) is 6.07 Å². The van der Waals surface area contributed by atoms with Gasteiger partial charge in [0.15, 0.2) is 0 Å². The Morgan fingerprint density at radius 2 is 2.10 bits per heavy atom. The molecule has 3 rings (SSSR count). The molecule has 0 saturated carbocycles. The van der Waals surface area contributed by atoms with E-state index in [0.29, 0.717) is 6.42 Å². The molecule has 20 heavy (non-hydrogen) atoms. The fraction of sp³-hybridized carbons (Fsp3) is 0.412. The summed E-state index contributed by atoms with van der Waals surface area (Å²) in [5, 5.41) is 10.5. The average Bonchev–Trinajstić information content (AvgIpc) is 2.91. The molecule has 1 aromatic heterocycles. The molecule has 0 radical (unpaired) electrons. The van der Waals surface area contributed by atoms with Crippen molar-refractivity contribution in [3.05, 3.63) is 51.2 Å². The molecule has 1 heterocycles. The Hall–Kier alpha value is -1.32. The van der Waals surface area contributed by atoms with Crippen molar-refractivity contribution >= 4 is 11.3 Å². The number of methoxy groups -OCH3 is 1. The van der Waals surface area contributed by atoms with Crippen molar-refractivity contribution in [2.45, 2.75) is 38.2 Å². The molecule has 1 atom stereocenters. The van der Waals surface area contributed by atoms with Crippen molar-refractivity contribution in [2.75, 3.05) is 7.11 Å². The molecule has 1 aromatic carbocycles. The number of hydrogen-bond acceptors (Lipinski definition) is 3. The van der Waals surface area contributed by atoms with Crippen LogP contribution >= 0.6 is 11.3 Å². The topological polar surface area (TPSA) is 29.5 Å². The van der Waals surface area contributed by atoms with Crippen LogP contribution in [0.15, 0.2) is 30.3 Å². The summed E-state index contributed by atoms with van der Waals surface area (Å²) in [6, 6.07) is 10.2. The maximum atomic E-state index is 10.5. The van der Waals surface area contributed by atoms with Gasteiger partial charge in [-0.2, -0.15) is 0 Å². The maximum absolute atomic E-state index is 10.5. The van der Waals surface area contributed by atoms with E-state index >= 15 is 0 Å². The van der Waals surface area contributed by atoms with Crippen molar-refractivity contribution in [3.8, 4) is 5.75 Å². The second kappa shape index (κ2) is 5.98. The van der Waals surface area contributed by atoms with Crippen molar-refractivity contribution in [3.63, 3.8) is 0 Å². The van der Waals surface area contributed by atoms with Gasteiger partial charge in [0.25, 0.3) is 0 Å². The second-order valence-corrected chi connectivity index (χ2v) is 6.54. The van der Waals surface area contributed by atoms with Gasteiger partial charge in [-0.3, -0.25) is 0 Å². The van der Waals surface area contributed by atoms with Gasteiger partial charge in [-0.05, 0) is 55.0 Å². The zero-order chi connectivity index (χ0) is 13.9. The first-order valence-electron chi connectivity index (χ1n) is 7.19. The molecular formula is C17H20O2S. The molecule has 0 aliphatic heterocycles. The smallest absolute Gasteiger partial charge is 0.119 e. The summed E-state index contributed by atoms with van der Waals surface area (Å²) in [7, 11) is 1.67. The van der Waals surface area contributed by atoms with Crippen LogP contribution in [-0.4, -0.2) is 12.2 Å². The molecule has 2 aromatic rings. The summed E-state index contributed by atoms with van der Waals surface area (Å²) >= 11 is 1.79. The molecule has 2 nitrogen and oxygen atoms in total. The second-order valence-electron chi connectivity index (χ2n) is 5.38. The molecule has 0 fully saturated rings. The molecule has 1 unspecified atom stereocenters. The van der Waals surface area contributed by atoms with Crippen LogP contribution in [0.1, 0.15) is 39.8 Å². The van der Waals surface area contributed by atoms with Crippen molar-refractivity contribution in [2.24, 2.45) is 0 Å². The van der Waals surface area contributed by atoms with Crippen LogP contribution in [0, 0.1) is 0 Å². The largest absolute Gasteiger partial charge is 0.497 e. The van der Waals surface area contributed by atoms with Gasteiger partial charge in [0, 0.05) is 16.2 Å². The third kappa shape index (κ3) is 2.89. The number of fused-ring (bicyclic) bond motifs is 1. The molecule has 1 aliphatic rings. The highest BCUT2D eigenvalue weighted by molar-refractivity contribution is 7.12. The third-order valence-corrected chi connectivity index (χ3v) is 5.25. The fourth-order valence-electron chi connectivity index (χ4n) is 2.80. The molecule has 1 N–H and O–H groups in total. The Labute approximate surface area is 124 Å². The van der Waals surface area contributed by atoms with Crippen LogP contribution < -0.4 is 4.74 Å². The predicted molar refractivity (Wildman–Crippen MR) is 82.6 cm³/mol. The van der Waals surface area contributed by atoms with Crippen LogP contribution in [0.4, 0.5) is 0 Å². The monoisotopic (exact) mass is 288 g/mol. The maximum Gasteiger partial charge on any atom is 0.119 e. The van der Waals surface area contributed by atoms with Gasteiger partial charge in [-0.15, -0.1) is 11.3 Å². The van der Waals surface area contributed by atoms with Gasteiger partial charge in [-0.25, -0.2) is 0 Å². The summed E-state index contributed by atoms with van der Waals surface area (Å²) in [5.74, 6) is 0.847. The summed E-state index contributed by atoms with van der Waals surface area (Å²) in [6.07, 6.45) is 5.19. The van der Waals surface area contributed by atoms with E-state index in [1.807, 2.05) is 24.3 Å². The minimum atomic E-state index is -0.405. The van der Waals surface area contributed by atoms with E-state index in [-0.39, 0.29) is 0 Å². The first-order valence-corrected chi connectivity index (χ1v) is 8.00. The van der Waals surface area contributed by atoms with E-state index in [0.717, 1.165) is 16.2 Å². The normalized spacial score (nSPS) is 15.7. The summed E-state index contributed by atoms with van der Waals surface area (Å²) in [4.78, 5) is 2.59. The van der Waals surface area contributed by atoms with Crippen LogP contribution in [0.3, 0.4) is 0 Å². The van der Waals surface area contributed by atoms with E-state index in [1.54, 1.807) is 18.4 Å². The Morgan fingerprint density at radius 1 is 1.25 bits per heavy atom. The molecule has 1 aliphatic carbocycles. The van der Waals surface area contributed by atoms with Crippen molar-refractivity contribution in [1.82, 2.24) is 0 Å². The van der Waals surface area contributed by atoms with Gasteiger partial charge >= 0.3 is 0 Å². The number of rotatable bonds is 4. The molecule has 0 saturated heterocycles. The molecule has 3 heteroatoms. The van der Waals surface area contributed by atoms with E-state index < -0.39 is 6.10 Å². The molecule has 0 spiro atoms. The van der Waals surface area contributed by atoms with Crippen LogP contribution in [-0.2, 0) is 19.3 Å². The number of hydrogen-bond donors (Lipinski definition) is 1. The minimum Gasteiger partial charge on any atom is -0.497 e. The van der Waals surface area contributed by atoms with Gasteiger partial charge in [0.2, 0.25) is 0 Å². The zero-order valence-corrected chi connectivity index (χ0v) is 12.6. The summed E-state index contributed by atoms with van der Waals surface area (Å²) < 4.78 is 5.23. The summed E-state index contributed by atoms with van der Waals surface area (Å²) in [6.45, 7) is 0. The van der Waals surface area contributed by atoms with Crippen LogP contribution in [0.5, 0.6) is 5.75 Å². The lowest BCUT2D eigenvalue weighted by Gasteiger charge is -2.09. The van der Waals surface area contributed by atoms with Gasteiger partial charge in [0.1, 0.15) is 5.75 Å².